The van der Waals surface area contributed by atoms with Gasteiger partial charge in [-0.05, 0) is 45.2 Å². The number of piperidine rings is 1. The summed E-state index contributed by atoms with van der Waals surface area (Å²) in [7, 11) is -2.87. The summed E-state index contributed by atoms with van der Waals surface area (Å²) in [6, 6.07) is 1.06. The van der Waals surface area contributed by atoms with Crippen LogP contribution in [0, 0.1) is 0 Å². The van der Waals surface area contributed by atoms with Crippen molar-refractivity contribution in [3.63, 3.8) is 0 Å². The Morgan fingerprint density at radius 3 is 2.47 bits per heavy atom. The van der Waals surface area contributed by atoms with E-state index in [1.54, 1.807) is 0 Å². The van der Waals surface area contributed by atoms with Gasteiger partial charge in [-0.3, -0.25) is 4.90 Å². The summed E-state index contributed by atoms with van der Waals surface area (Å²) in [5.74, 6) is 0. The maximum atomic E-state index is 11.8. The number of likely N-dealkylation sites (N-methyl/N-ethyl adjacent to an activating group) is 1. The molecule has 1 aliphatic carbocycles. The van der Waals surface area contributed by atoms with Gasteiger partial charge in [0.15, 0.2) is 0 Å². The molecule has 1 aliphatic heterocycles. The lowest BCUT2D eigenvalue weighted by Gasteiger charge is -2.42. The standard InChI is InChI=1S/C14H28N2O2S/c1-3-16(13-7-5-9-15-11-13)12-6-4-8-14(10-12)19(2,17)18/h12-15H,3-11H2,1-2H3. The molecule has 3 unspecified atom stereocenters. The highest BCUT2D eigenvalue weighted by molar-refractivity contribution is 7.91. The zero-order valence-electron chi connectivity index (χ0n) is 12.3. The zero-order valence-corrected chi connectivity index (χ0v) is 13.1. The smallest absolute Gasteiger partial charge is 0.150 e. The van der Waals surface area contributed by atoms with Crippen LogP contribution >= 0.6 is 0 Å². The third-order valence-electron chi connectivity index (χ3n) is 4.78. The van der Waals surface area contributed by atoms with Gasteiger partial charge >= 0.3 is 0 Å². The van der Waals surface area contributed by atoms with Crippen molar-refractivity contribution < 1.29 is 8.42 Å². The van der Waals surface area contributed by atoms with Crippen LogP contribution in [0.25, 0.3) is 0 Å². The fourth-order valence-electron chi connectivity index (χ4n) is 3.74. The molecule has 2 aliphatic rings. The van der Waals surface area contributed by atoms with Crippen molar-refractivity contribution in [3.8, 4) is 0 Å². The Labute approximate surface area is 117 Å². The van der Waals surface area contributed by atoms with Crippen molar-refractivity contribution in [1.29, 1.82) is 0 Å². The van der Waals surface area contributed by atoms with Crippen LogP contribution in [0.3, 0.4) is 0 Å². The van der Waals surface area contributed by atoms with Gasteiger partial charge in [0.1, 0.15) is 9.84 Å². The van der Waals surface area contributed by atoms with E-state index in [1.807, 2.05) is 0 Å². The molecular weight excluding hydrogens is 260 g/mol. The molecule has 2 fully saturated rings. The Hall–Kier alpha value is -0.130. The van der Waals surface area contributed by atoms with E-state index in [1.165, 1.54) is 19.1 Å². The SMILES string of the molecule is CCN(C1CCCNC1)C1CCCC(S(C)(=O)=O)C1. The highest BCUT2D eigenvalue weighted by Crippen LogP contribution is 2.29. The summed E-state index contributed by atoms with van der Waals surface area (Å²) in [5.41, 5.74) is 0. The van der Waals surface area contributed by atoms with Crippen LogP contribution in [0.5, 0.6) is 0 Å². The summed E-state index contributed by atoms with van der Waals surface area (Å²) in [4.78, 5) is 2.56. The van der Waals surface area contributed by atoms with Crippen molar-refractivity contribution in [2.24, 2.45) is 0 Å². The molecule has 1 saturated carbocycles. The normalized spacial score (nSPS) is 33.5. The Morgan fingerprint density at radius 2 is 1.89 bits per heavy atom. The molecular formula is C14H28N2O2S. The third kappa shape index (κ3) is 3.92. The van der Waals surface area contributed by atoms with Gasteiger partial charge in [0.05, 0.1) is 5.25 Å². The molecule has 2 rings (SSSR count). The molecule has 1 N–H and O–H groups in total. The van der Waals surface area contributed by atoms with E-state index < -0.39 is 9.84 Å². The van der Waals surface area contributed by atoms with Crippen molar-refractivity contribution in [2.45, 2.75) is 62.8 Å². The predicted octanol–water partition coefficient (Wildman–Crippen LogP) is 1.42. The molecule has 1 saturated heterocycles. The van der Waals surface area contributed by atoms with Crippen LogP contribution in [0.1, 0.15) is 45.4 Å². The number of rotatable bonds is 4. The topological polar surface area (TPSA) is 49.4 Å². The van der Waals surface area contributed by atoms with E-state index in [0.29, 0.717) is 12.1 Å². The number of hydrogen-bond donors (Lipinski definition) is 1. The summed E-state index contributed by atoms with van der Waals surface area (Å²) in [6.45, 7) is 5.44. The molecule has 19 heavy (non-hydrogen) atoms. The second kappa shape index (κ2) is 6.55. The second-order valence-corrected chi connectivity index (χ2v) is 8.43. The van der Waals surface area contributed by atoms with E-state index >= 15 is 0 Å². The van der Waals surface area contributed by atoms with Crippen molar-refractivity contribution in [3.05, 3.63) is 0 Å². The minimum absolute atomic E-state index is 0.114. The first-order valence-electron chi connectivity index (χ1n) is 7.67. The van der Waals surface area contributed by atoms with Crippen molar-refractivity contribution >= 4 is 9.84 Å². The summed E-state index contributed by atoms with van der Waals surface area (Å²) < 4.78 is 23.6. The van der Waals surface area contributed by atoms with Gasteiger partial charge in [-0.25, -0.2) is 8.42 Å². The van der Waals surface area contributed by atoms with Gasteiger partial charge < -0.3 is 5.32 Å². The van der Waals surface area contributed by atoms with E-state index in [4.69, 9.17) is 0 Å². The highest BCUT2D eigenvalue weighted by atomic mass is 32.2. The number of nitrogens with zero attached hydrogens (tertiary/aromatic N) is 1. The van der Waals surface area contributed by atoms with Crippen LogP contribution in [0.2, 0.25) is 0 Å². The summed E-state index contributed by atoms with van der Waals surface area (Å²) >= 11 is 0. The molecule has 112 valence electrons. The third-order valence-corrected chi connectivity index (χ3v) is 6.42. The van der Waals surface area contributed by atoms with Crippen LogP contribution in [-0.4, -0.2) is 56.5 Å². The van der Waals surface area contributed by atoms with Crippen LogP contribution in [-0.2, 0) is 9.84 Å². The first kappa shape index (κ1) is 15.3. The number of hydrogen-bond acceptors (Lipinski definition) is 4. The number of sulfone groups is 1. The van der Waals surface area contributed by atoms with Gasteiger partial charge in [0, 0.05) is 24.9 Å². The van der Waals surface area contributed by atoms with Crippen molar-refractivity contribution in [1.82, 2.24) is 10.2 Å². The van der Waals surface area contributed by atoms with Gasteiger partial charge in [-0.15, -0.1) is 0 Å². The average Bonchev–Trinajstić information content (AvgIpc) is 2.40. The Morgan fingerprint density at radius 1 is 1.16 bits per heavy atom. The highest BCUT2D eigenvalue weighted by Gasteiger charge is 2.34. The summed E-state index contributed by atoms with van der Waals surface area (Å²) in [5, 5.41) is 3.36. The lowest BCUT2D eigenvalue weighted by molar-refractivity contribution is 0.0947. The summed E-state index contributed by atoms with van der Waals surface area (Å²) in [6.07, 6.45) is 7.80. The molecule has 5 heteroatoms. The molecule has 0 aromatic rings. The quantitative estimate of drug-likeness (QED) is 0.850. The van der Waals surface area contributed by atoms with E-state index in [2.05, 4.69) is 17.1 Å². The fourth-order valence-corrected chi connectivity index (χ4v) is 4.91. The first-order chi connectivity index (χ1) is 9.02. The molecule has 0 aromatic carbocycles. The zero-order chi connectivity index (χ0) is 13.9. The lowest BCUT2D eigenvalue weighted by Crippen LogP contribution is -2.52. The van der Waals surface area contributed by atoms with E-state index in [9.17, 15) is 8.42 Å². The lowest BCUT2D eigenvalue weighted by atomic mass is 9.91. The Bertz CT molecular complexity index is 377. The van der Waals surface area contributed by atoms with Gasteiger partial charge in [0.2, 0.25) is 0 Å². The maximum absolute atomic E-state index is 11.8. The van der Waals surface area contributed by atoms with Crippen LogP contribution in [0.15, 0.2) is 0 Å². The minimum atomic E-state index is -2.87. The minimum Gasteiger partial charge on any atom is -0.315 e. The molecule has 3 atom stereocenters. The Kier molecular flexibility index (Phi) is 5.26. The van der Waals surface area contributed by atoms with Crippen LogP contribution in [0.4, 0.5) is 0 Å². The fraction of sp³-hybridized carbons (Fsp3) is 1.00. The van der Waals surface area contributed by atoms with Gasteiger partial charge in [0.25, 0.3) is 0 Å². The molecule has 0 amide bonds. The molecule has 0 radical (unpaired) electrons. The van der Waals surface area contributed by atoms with Gasteiger partial charge in [-0.1, -0.05) is 13.3 Å². The molecule has 4 nitrogen and oxygen atoms in total. The van der Waals surface area contributed by atoms with Gasteiger partial charge in [-0.2, -0.15) is 0 Å². The molecule has 0 aromatic heterocycles. The first-order valence-corrected chi connectivity index (χ1v) is 9.63. The maximum Gasteiger partial charge on any atom is 0.150 e. The largest absolute Gasteiger partial charge is 0.315 e. The van der Waals surface area contributed by atoms with Crippen LogP contribution < -0.4 is 5.32 Å². The molecule has 0 bridgehead atoms. The predicted molar refractivity (Wildman–Crippen MR) is 79.2 cm³/mol. The number of nitrogens with one attached hydrogen (secondary N) is 1. The van der Waals surface area contributed by atoms with E-state index in [0.717, 1.165) is 45.3 Å². The second-order valence-electron chi connectivity index (χ2n) is 6.10. The monoisotopic (exact) mass is 288 g/mol. The molecule has 1 heterocycles. The average molecular weight is 288 g/mol. The molecule has 0 spiro atoms. The Balaban J connectivity index is 2.01. The van der Waals surface area contributed by atoms with Crippen molar-refractivity contribution in [2.75, 3.05) is 25.9 Å². The van der Waals surface area contributed by atoms with E-state index in [-0.39, 0.29) is 5.25 Å².